The number of likely N-dealkylation sites (tertiary alicyclic amines) is 1. The molecule has 6 heteroatoms. The van der Waals surface area contributed by atoms with Gasteiger partial charge in [-0.2, -0.15) is 0 Å². The van der Waals surface area contributed by atoms with Gasteiger partial charge < -0.3 is 9.84 Å². The number of phenols is 1. The van der Waals surface area contributed by atoms with Gasteiger partial charge in [0.15, 0.2) is 0 Å². The molecule has 1 aliphatic rings. The van der Waals surface area contributed by atoms with Crippen molar-refractivity contribution in [2.24, 2.45) is 0 Å². The number of phenolic OH excluding ortho intramolecular Hbond substituents is 1. The topological polar surface area (TPSA) is 70.1 Å². The molecule has 1 N–H and O–H groups in total. The number of nitrogens with zero attached hydrogens (tertiary/aromatic N) is 2. The van der Waals surface area contributed by atoms with Gasteiger partial charge in [-0.3, -0.25) is 14.6 Å². The third-order valence-electron chi connectivity index (χ3n) is 5.30. The maximum Gasteiger partial charge on any atom is 0.410 e. The molecule has 0 aliphatic carbocycles. The minimum Gasteiger partial charge on any atom is -0.508 e. The maximum atomic E-state index is 13.6. The minimum atomic E-state index is -0.633. The van der Waals surface area contributed by atoms with Crippen LogP contribution in [0.25, 0.3) is 0 Å². The van der Waals surface area contributed by atoms with E-state index in [1.54, 1.807) is 23.1 Å². The fourth-order valence-corrected chi connectivity index (χ4v) is 3.81. The number of rotatable bonds is 5. The Hall–Kier alpha value is -3.80. The number of benzene rings is 3. The molecule has 3 aromatic carbocycles. The molecular formula is C25H24N2O4. The van der Waals surface area contributed by atoms with Gasteiger partial charge in [-0.15, -0.1) is 0 Å². The fraction of sp³-hybridized carbons (Fsp3) is 0.200. The summed E-state index contributed by atoms with van der Waals surface area (Å²) in [6.07, 6.45) is 0.782. The number of hydrogen-bond acceptors (Lipinski definition) is 4. The van der Waals surface area contributed by atoms with E-state index in [9.17, 15) is 14.7 Å². The van der Waals surface area contributed by atoms with Gasteiger partial charge in [-0.05, 0) is 42.7 Å². The summed E-state index contributed by atoms with van der Waals surface area (Å²) in [5.41, 5.74) is 2.10. The van der Waals surface area contributed by atoms with Crippen LogP contribution >= 0.6 is 0 Å². The number of amides is 2. The lowest BCUT2D eigenvalue weighted by Gasteiger charge is -2.30. The van der Waals surface area contributed by atoms with Crippen LogP contribution in [0.2, 0.25) is 0 Å². The highest BCUT2D eigenvalue weighted by molar-refractivity contribution is 6.04. The first-order valence-corrected chi connectivity index (χ1v) is 10.3. The molecule has 31 heavy (non-hydrogen) atoms. The molecule has 6 nitrogen and oxygen atoms in total. The van der Waals surface area contributed by atoms with Gasteiger partial charge in [0.2, 0.25) is 0 Å². The van der Waals surface area contributed by atoms with Crippen molar-refractivity contribution in [2.75, 3.05) is 11.4 Å². The lowest BCUT2D eigenvalue weighted by Crippen LogP contribution is -2.46. The van der Waals surface area contributed by atoms with Crippen molar-refractivity contribution >= 4 is 23.4 Å². The third kappa shape index (κ3) is 4.69. The summed E-state index contributed by atoms with van der Waals surface area (Å²) < 4.78 is 5.48. The molecule has 1 atom stereocenters. The molecule has 1 saturated heterocycles. The number of carbonyl (C=O) groups excluding carboxylic acids is 2. The first-order chi connectivity index (χ1) is 15.1. The zero-order valence-corrected chi connectivity index (χ0v) is 17.1. The third-order valence-corrected chi connectivity index (χ3v) is 5.30. The Morgan fingerprint density at radius 2 is 1.61 bits per heavy atom. The van der Waals surface area contributed by atoms with Gasteiger partial charge in [-0.25, -0.2) is 4.79 Å². The summed E-state index contributed by atoms with van der Waals surface area (Å²) in [5.74, 6) is -0.164. The lowest BCUT2D eigenvalue weighted by molar-refractivity contribution is -0.121. The lowest BCUT2D eigenvalue weighted by atomic mass is 10.1. The predicted molar refractivity (Wildman–Crippen MR) is 118 cm³/mol. The van der Waals surface area contributed by atoms with Crippen molar-refractivity contribution in [3.05, 3.63) is 90.5 Å². The summed E-state index contributed by atoms with van der Waals surface area (Å²) in [6.45, 7) is 0.624. The summed E-state index contributed by atoms with van der Waals surface area (Å²) in [4.78, 5) is 29.5. The van der Waals surface area contributed by atoms with Gasteiger partial charge in [-0.1, -0.05) is 54.6 Å². The Morgan fingerprint density at radius 3 is 2.32 bits per heavy atom. The number of aromatic hydroxyl groups is 1. The number of hydrogen-bond donors (Lipinski definition) is 1. The highest BCUT2D eigenvalue weighted by atomic mass is 16.6. The summed E-state index contributed by atoms with van der Waals surface area (Å²) in [7, 11) is 0. The first kappa shape index (κ1) is 20.5. The highest BCUT2D eigenvalue weighted by Crippen LogP contribution is 2.31. The summed E-state index contributed by atoms with van der Waals surface area (Å²) >= 11 is 0. The molecule has 1 aliphatic heterocycles. The van der Waals surface area contributed by atoms with Crippen LogP contribution in [-0.4, -0.2) is 34.6 Å². The molecule has 1 heterocycles. The molecule has 2 amide bonds. The second-order valence-corrected chi connectivity index (χ2v) is 7.42. The van der Waals surface area contributed by atoms with Gasteiger partial charge in [0.05, 0.1) is 5.69 Å². The zero-order chi connectivity index (χ0) is 21.6. The monoisotopic (exact) mass is 416 g/mol. The smallest absolute Gasteiger partial charge is 0.410 e. The van der Waals surface area contributed by atoms with Crippen LogP contribution < -0.4 is 4.90 Å². The van der Waals surface area contributed by atoms with E-state index in [0.29, 0.717) is 24.3 Å². The maximum absolute atomic E-state index is 13.6. The molecule has 0 saturated carbocycles. The Labute approximate surface area is 181 Å². The Morgan fingerprint density at radius 1 is 0.935 bits per heavy atom. The number of para-hydroxylation sites is 1. The quantitative estimate of drug-likeness (QED) is 0.645. The van der Waals surface area contributed by atoms with Gasteiger partial charge in [0.25, 0.3) is 5.91 Å². The van der Waals surface area contributed by atoms with Crippen LogP contribution in [0.15, 0.2) is 84.9 Å². The Bertz CT molecular complexity index is 1040. The van der Waals surface area contributed by atoms with E-state index in [2.05, 4.69) is 0 Å². The van der Waals surface area contributed by atoms with Crippen LogP contribution in [0.4, 0.5) is 16.2 Å². The second-order valence-electron chi connectivity index (χ2n) is 7.42. The zero-order valence-electron chi connectivity index (χ0n) is 17.1. The van der Waals surface area contributed by atoms with Crippen molar-refractivity contribution in [1.82, 2.24) is 4.90 Å². The number of anilines is 2. The number of ether oxygens (including phenoxy) is 1. The fourth-order valence-electron chi connectivity index (χ4n) is 3.81. The number of carbonyl (C=O) groups is 2. The predicted octanol–water partition coefficient (Wildman–Crippen LogP) is 4.86. The highest BCUT2D eigenvalue weighted by Gasteiger charge is 2.38. The SMILES string of the molecule is O=C(C1CCCN1C(=O)OCc1ccccc1)N(c1ccccc1)c1cccc(O)c1. The van der Waals surface area contributed by atoms with Crippen molar-refractivity contribution in [1.29, 1.82) is 0 Å². The molecule has 0 aromatic heterocycles. The van der Waals surface area contributed by atoms with Crippen molar-refractivity contribution in [3.8, 4) is 5.75 Å². The van der Waals surface area contributed by atoms with Gasteiger partial charge in [0, 0.05) is 18.3 Å². The standard InChI is InChI=1S/C25H24N2O4/c28-22-14-7-13-21(17-22)27(20-11-5-2-6-12-20)24(29)23-15-8-16-26(23)25(30)31-18-19-9-3-1-4-10-19/h1-7,9-14,17,23,28H,8,15-16,18H2. The average molecular weight is 416 g/mol. The van der Waals surface area contributed by atoms with E-state index in [1.165, 1.54) is 11.0 Å². The minimum absolute atomic E-state index is 0.0665. The molecule has 3 aromatic rings. The Balaban J connectivity index is 1.56. The van der Waals surface area contributed by atoms with Crippen LogP contribution in [0.5, 0.6) is 5.75 Å². The molecular weight excluding hydrogens is 392 g/mol. The van der Waals surface area contributed by atoms with E-state index >= 15 is 0 Å². The summed E-state index contributed by atoms with van der Waals surface area (Å²) in [5, 5.41) is 9.95. The van der Waals surface area contributed by atoms with E-state index in [4.69, 9.17) is 4.74 Å². The van der Waals surface area contributed by atoms with Crippen LogP contribution in [0.3, 0.4) is 0 Å². The van der Waals surface area contributed by atoms with E-state index in [0.717, 1.165) is 12.0 Å². The molecule has 158 valence electrons. The van der Waals surface area contributed by atoms with Gasteiger partial charge >= 0.3 is 6.09 Å². The molecule has 4 rings (SSSR count). The Kier molecular flexibility index (Phi) is 6.17. The molecule has 0 bridgehead atoms. The van der Waals surface area contributed by atoms with Crippen molar-refractivity contribution in [3.63, 3.8) is 0 Å². The summed E-state index contributed by atoms with van der Waals surface area (Å²) in [6, 6.07) is 24.6. The average Bonchev–Trinajstić information content (AvgIpc) is 3.29. The molecule has 0 radical (unpaired) electrons. The van der Waals surface area contributed by atoms with Crippen molar-refractivity contribution in [2.45, 2.75) is 25.5 Å². The first-order valence-electron chi connectivity index (χ1n) is 10.3. The van der Waals surface area contributed by atoms with Crippen LogP contribution in [0, 0.1) is 0 Å². The van der Waals surface area contributed by atoms with E-state index < -0.39 is 12.1 Å². The van der Waals surface area contributed by atoms with Crippen LogP contribution in [0.1, 0.15) is 18.4 Å². The van der Waals surface area contributed by atoms with E-state index in [1.807, 2.05) is 60.7 Å². The normalized spacial score (nSPS) is 15.5. The molecule has 1 fully saturated rings. The molecule has 1 unspecified atom stereocenters. The largest absolute Gasteiger partial charge is 0.508 e. The second kappa shape index (κ2) is 9.34. The van der Waals surface area contributed by atoms with Crippen molar-refractivity contribution < 1.29 is 19.4 Å². The molecule has 0 spiro atoms. The van der Waals surface area contributed by atoms with Gasteiger partial charge in [0.1, 0.15) is 18.4 Å². The van der Waals surface area contributed by atoms with Crippen LogP contribution in [-0.2, 0) is 16.1 Å². The van der Waals surface area contributed by atoms with E-state index in [-0.39, 0.29) is 18.3 Å².